The van der Waals surface area contributed by atoms with E-state index in [0.717, 1.165) is 13.1 Å². The largest absolute Gasteiger partial charge is 0.403 e. The van der Waals surface area contributed by atoms with E-state index in [1.165, 1.54) is 4.90 Å². The summed E-state index contributed by atoms with van der Waals surface area (Å²) in [5.74, 6) is -0.448. The number of nitrogens with one attached hydrogen (secondary N) is 1. The number of methoxy groups -OCH3 is 1. The first kappa shape index (κ1) is 14.1. The number of rotatable bonds is 3. The van der Waals surface area contributed by atoms with Crippen molar-refractivity contribution in [1.82, 2.24) is 10.2 Å². The monoisotopic (exact) mass is 292 g/mol. The number of hydrogen-bond acceptors (Lipinski definition) is 3. The average Bonchev–Trinajstić information content (AvgIpc) is 3.03. The molecule has 0 bridgehead atoms. The summed E-state index contributed by atoms with van der Waals surface area (Å²) in [5, 5.41) is 3.25. The van der Waals surface area contributed by atoms with E-state index in [1.807, 2.05) is 0 Å². The second-order valence-corrected chi connectivity index (χ2v) is 6.39. The summed E-state index contributed by atoms with van der Waals surface area (Å²) in [6.07, 6.45) is -4.52. The summed E-state index contributed by atoms with van der Waals surface area (Å²) in [6.45, 7) is 2.99. The lowest BCUT2D eigenvalue weighted by Gasteiger charge is -2.52. The topological polar surface area (TPSA) is 41.6 Å². The molecule has 1 unspecified atom stereocenters. The van der Waals surface area contributed by atoms with Gasteiger partial charge >= 0.3 is 6.18 Å². The minimum Gasteiger partial charge on any atom is -0.384 e. The van der Waals surface area contributed by atoms with E-state index >= 15 is 0 Å². The van der Waals surface area contributed by atoms with Gasteiger partial charge in [-0.1, -0.05) is 0 Å². The molecule has 1 amide bonds. The summed E-state index contributed by atoms with van der Waals surface area (Å²) < 4.78 is 44.0. The summed E-state index contributed by atoms with van der Waals surface area (Å²) in [4.78, 5) is 13.5. The SMILES string of the molecule is COCC1CNCC12CN(C(=O)C1(C(F)(F)F)CC1)C2. The number of hydrogen-bond donors (Lipinski definition) is 1. The van der Waals surface area contributed by atoms with Crippen molar-refractivity contribution in [1.29, 1.82) is 0 Å². The second kappa shape index (κ2) is 4.34. The van der Waals surface area contributed by atoms with E-state index in [4.69, 9.17) is 4.74 Å². The zero-order valence-electron chi connectivity index (χ0n) is 11.4. The van der Waals surface area contributed by atoms with E-state index in [1.54, 1.807) is 7.11 Å². The second-order valence-electron chi connectivity index (χ2n) is 6.39. The highest BCUT2D eigenvalue weighted by atomic mass is 19.4. The van der Waals surface area contributed by atoms with Crippen molar-refractivity contribution >= 4 is 5.91 Å². The maximum atomic E-state index is 13.0. The quantitative estimate of drug-likeness (QED) is 0.844. The van der Waals surface area contributed by atoms with Crippen LogP contribution in [0.3, 0.4) is 0 Å². The fourth-order valence-electron chi connectivity index (χ4n) is 3.57. The van der Waals surface area contributed by atoms with Gasteiger partial charge in [0.05, 0.1) is 6.61 Å². The molecule has 3 aliphatic rings. The van der Waals surface area contributed by atoms with Crippen molar-refractivity contribution in [2.75, 3.05) is 39.9 Å². The molecular weight excluding hydrogens is 273 g/mol. The van der Waals surface area contributed by atoms with Crippen molar-refractivity contribution in [3.05, 3.63) is 0 Å². The van der Waals surface area contributed by atoms with Crippen LogP contribution >= 0.6 is 0 Å². The van der Waals surface area contributed by atoms with Crippen LogP contribution in [0.25, 0.3) is 0 Å². The van der Waals surface area contributed by atoms with Gasteiger partial charge in [0.25, 0.3) is 0 Å². The molecule has 1 atom stereocenters. The molecule has 3 rings (SSSR count). The molecule has 114 valence electrons. The van der Waals surface area contributed by atoms with Crippen molar-refractivity contribution in [2.45, 2.75) is 19.0 Å². The van der Waals surface area contributed by atoms with Crippen LogP contribution in [-0.4, -0.2) is 56.9 Å². The van der Waals surface area contributed by atoms with Crippen LogP contribution in [0.1, 0.15) is 12.8 Å². The minimum atomic E-state index is -4.41. The van der Waals surface area contributed by atoms with Gasteiger partial charge in [-0.25, -0.2) is 0 Å². The van der Waals surface area contributed by atoms with Gasteiger partial charge in [0.15, 0.2) is 0 Å². The average molecular weight is 292 g/mol. The number of likely N-dealkylation sites (tertiary alicyclic amines) is 1. The standard InChI is InChI=1S/C13H19F3N2O2/c1-20-5-9-4-17-6-11(9)7-18(8-11)10(19)12(2-3-12)13(14,15)16/h9,17H,2-8H2,1H3. The third kappa shape index (κ3) is 1.86. The predicted molar refractivity (Wildman–Crippen MR) is 65.0 cm³/mol. The smallest absolute Gasteiger partial charge is 0.384 e. The molecule has 1 spiro atoms. The maximum Gasteiger partial charge on any atom is 0.403 e. The molecular formula is C13H19F3N2O2. The van der Waals surface area contributed by atoms with E-state index in [0.29, 0.717) is 19.7 Å². The van der Waals surface area contributed by atoms with Gasteiger partial charge in [-0.2, -0.15) is 13.2 Å². The molecule has 1 aliphatic carbocycles. The Morgan fingerprint density at radius 2 is 2.05 bits per heavy atom. The minimum absolute atomic E-state index is 0.0570. The third-order valence-electron chi connectivity index (χ3n) is 5.10. The van der Waals surface area contributed by atoms with Gasteiger partial charge in [0.1, 0.15) is 5.41 Å². The lowest BCUT2D eigenvalue weighted by Crippen LogP contribution is -2.64. The molecule has 0 radical (unpaired) electrons. The van der Waals surface area contributed by atoms with Gasteiger partial charge in [-0.05, 0) is 12.8 Å². The Bertz CT molecular complexity index is 414. The van der Waals surface area contributed by atoms with E-state index < -0.39 is 17.5 Å². The van der Waals surface area contributed by atoms with Crippen LogP contribution in [0.2, 0.25) is 0 Å². The molecule has 20 heavy (non-hydrogen) atoms. The predicted octanol–water partition coefficient (Wildman–Crippen LogP) is 1.02. The third-order valence-corrected chi connectivity index (χ3v) is 5.10. The van der Waals surface area contributed by atoms with E-state index in [2.05, 4.69) is 5.32 Å². The normalized spacial score (nSPS) is 30.4. The van der Waals surface area contributed by atoms with Gasteiger partial charge in [-0.15, -0.1) is 0 Å². The Balaban J connectivity index is 1.65. The van der Waals surface area contributed by atoms with Crippen LogP contribution < -0.4 is 5.32 Å². The van der Waals surface area contributed by atoms with Crippen LogP contribution in [0.15, 0.2) is 0 Å². The maximum absolute atomic E-state index is 13.0. The molecule has 4 nitrogen and oxygen atoms in total. The highest BCUT2D eigenvalue weighted by molar-refractivity contribution is 5.87. The Morgan fingerprint density at radius 1 is 1.40 bits per heavy atom. The first-order valence-electron chi connectivity index (χ1n) is 6.90. The van der Waals surface area contributed by atoms with Crippen LogP contribution in [-0.2, 0) is 9.53 Å². The lowest BCUT2D eigenvalue weighted by atomic mass is 9.71. The Kier molecular flexibility index (Phi) is 3.06. The highest BCUT2D eigenvalue weighted by Crippen LogP contribution is 2.59. The number of ether oxygens (including phenoxy) is 1. The molecule has 7 heteroatoms. The van der Waals surface area contributed by atoms with Crippen LogP contribution in [0.5, 0.6) is 0 Å². The zero-order valence-corrected chi connectivity index (χ0v) is 11.4. The van der Waals surface area contributed by atoms with Crippen LogP contribution in [0.4, 0.5) is 13.2 Å². The number of alkyl halides is 3. The van der Waals surface area contributed by atoms with Crippen molar-refractivity contribution in [2.24, 2.45) is 16.7 Å². The number of amides is 1. The number of carbonyl (C=O) groups is 1. The molecule has 2 saturated heterocycles. The Labute approximate surface area is 115 Å². The van der Waals surface area contributed by atoms with Crippen LogP contribution in [0, 0.1) is 16.7 Å². The van der Waals surface area contributed by atoms with E-state index in [9.17, 15) is 18.0 Å². The Morgan fingerprint density at radius 3 is 2.55 bits per heavy atom. The fourth-order valence-corrected chi connectivity index (χ4v) is 3.57. The molecule has 0 aromatic rings. The Hall–Kier alpha value is -0.820. The van der Waals surface area contributed by atoms with Crippen molar-refractivity contribution in [3.8, 4) is 0 Å². The zero-order chi connectivity index (χ0) is 14.6. The summed E-state index contributed by atoms with van der Waals surface area (Å²) in [6, 6.07) is 0. The van der Waals surface area contributed by atoms with E-state index in [-0.39, 0.29) is 24.2 Å². The molecule has 0 aromatic carbocycles. The first-order valence-corrected chi connectivity index (χ1v) is 6.90. The summed E-state index contributed by atoms with van der Waals surface area (Å²) in [5.41, 5.74) is -2.16. The molecule has 1 saturated carbocycles. The van der Waals surface area contributed by atoms with Crippen molar-refractivity contribution < 1.29 is 22.7 Å². The van der Waals surface area contributed by atoms with Gasteiger partial charge in [-0.3, -0.25) is 4.79 Å². The number of nitrogens with zero attached hydrogens (tertiary/aromatic N) is 1. The summed E-state index contributed by atoms with van der Waals surface area (Å²) in [7, 11) is 1.62. The van der Waals surface area contributed by atoms with Gasteiger partial charge in [0, 0.05) is 44.6 Å². The fraction of sp³-hybridized carbons (Fsp3) is 0.923. The highest BCUT2D eigenvalue weighted by Gasteiger charge is 2.71. The molecule has 0 aromatic heterocycles. The number of carbonyl (C=O) groups excluding carboxylic acids is 1. The first-order chi connectivity index (χ1) is 9.35. The summed E-state index contributed by atoms with van der Waals surface area (Å²) >= 11 is 0. The number of halogens is 3. The molecule has 1 N–H and O–H groups in total. The van der Waals surface area contributed by atoms with Gasteiger partial charge in [0.2, 0.25) is 5.91 Å². The molecule has 3 fully saturated rings. The lowest BCUT2D eigenvalue weighted by molar-refractivity contribution is -0.205. The van der Waals surface area contributed by atoms with Crippen molar-refractivity contribution in [3.63, 3.8) is 0 Å². The molecule has 2 heterocycles. The van der Waals surface area contributed by atoms with Gasteiger partial charge < -0.3 is 15.0 Å². The molecule has 2 aliphatic heterocycles.